The third-order valence-corrected chi connectivity index (χ3v) is 3.08. The average Bonchev–Trinajstić information content (AvgIpc) is 2.16. The fourth-order valence-corrected chi connectivity index (χ4v) is 1.67. The molecule has 0 amide bonds. The van der Waals surface area contributed by atoms with Gasteiger partial charge in [0.1, 0.15) is 0 Å². The first-order valence-electron chi connectivity index (χ1n) is 4.93. The van der Waals surface area contributed by atoms with E-state index in [-0.39, 0.29) is 0 Å². The lowest BCUT2D eigenvalue weighted by Gasteiger charge is -2.07. The van der Waals surface area contributed by atoms with Crippen LogP contribution in [0.2, 0.25) is 0 Å². The maximum absolute atomic E-state index is 9.14. The summed E-state index contributed by atoms with van der Waals surface area (Å²) in [5.74, 6) is 0. The van der Waals surface area contributed by atoms with Crippen molar-refractivity contribution in [1.82, 2.24) is 5.32 Å². The molecule has 0 aliphatic heterocycles. The molecular formula is C8H22N2O2Si. The first-order chi connectivity index (χ1) is 6.31. The van der Waals surface area contributed by atoms with Crippen molar-refractivity contribution >= 4 is 9.28 Å². The lowest BCUT2D eigenvalue weighted by Crippen LogP contribution is -2.32. The predicted octanol–water partition coefficient (Wildman–Crippen LogP) is -0.506. The predicted molar refractivity (Wildman–Crippen MR) is 56.8 cm³/mol. The van der Waals surface area contributed by atoms with Crippen LogP contribution in [-0.2, 0) is 4.43 Å². The van der Waals surface area contributed by atoms with Crippen LogP contribution in [0.4, 0.5) is 0 Å². The zero-order valence-corrected chi connectivity index (χ0v) is 9.61. The molecule has 0 saturated heterocycles. The molecule has 5 heteroatoms. The SMILES string of the molecule is CO[SiH](O)CNCCCCCCN. The third kappa shape index (κ3) is 9.97. The molecule has 13 heavy (non-hydrogen) atoms. The van der Waals surface area contributed by atoms with E-state index in [1.807, 2.05) is 0 Å². The number of hydrogen-bond acceptors (Lipinski definition) is 4. The molecule has 0 rings (SSSR count). The van der Waals surface area contributed by atoms with E-state index in [4.69, 9.17) is 15.0 Å². The summed E-state index contributed by atoms with van der Waals surface area (Å²) in [4.78, 5) is 9.14. The Morgan fingerprint density at radius 2 is 2.00 bits per heavy atom. The number of nitrogens with one attached hydrogen (secondary N) is 1. The Labute approximate surface area is 82.3 Å². The van der Waals surface area contributed by atoms with Gasteiger partial charge in [0.15, 0.2) is 0 Å². The summed E-state index contributed by atoms with van der Waals surface area (Å²) in [6.07, 6.45) is 5.35. The highest BCUT2D eigenvalue weighted by atomic mass is 28.3. The molecule has 4 N–H and O–H groups in total. The van der Waals surface area contributed by atoms with Gasteiger partial charge in [-0.05, 0) is 25.9 Å². The van der Waals surface area contributed by atoms with Crippen LogP contribution < -0.4 is 11.1 Å². The molecule has 0 fully saturated rings. The maximum Gasteiger partial charge on any atom is 0.332 e. The standard InChI is InChI=1S/C8H22N2O2Si/c1-12-13(11)8-10-7-5-3-2-4-6-9/h10-11,13H,2-9H2,1H3. The topological polar surface area (TPSA) is 67.5 Å². The van der Waals surface area contributed by atoms with E-state index in [1.165, 1.54) is 12.8 Å². The molecule has 0 heterocycles. The molecular weight excluding hydrogens is 184 g/mol. The summed E-state index contributed by atoms with van der Waals surface area (Å²) >= 11 is 0. The molecule has 80 valence electrons. The van der Waals surface area contributed by atoms with Crippen molar-refractivity contribution < 1.29 is 9.22 Å². The molecule has 0 aromatic heterocycles. The minimum absolute atomic E-state index is 0.646. The molecule has 1 atom stereocenters. The molecule has 0 radical (unpaired) electrons. The second-order valence-corrected chi connectivity index (χ2v) is 4.89. The molecule has 4 nitrogen and oxygen atoms in total. The second kappa shape index (κ2) is 10.1. The smallest absolute Gasteiger partial charge is 0.332 e. The lowest BCUT2D eigenvalue weighted by molar-refractivity contribution is 0.322. The number of unbranched alkanes of at least 4 members (excludes halogenated alkanes) is 3. The van der Waals surface area contributed by atoms with Crippen LogP contribution in [0.15, 0.2) is 0 Å². The summed E-state index contributed by atoms with van der Waals surface area (Å²) in [6.45, 7) is 1.76. The normalized spacial score (nSPS) is 13.2. The number of nitrogens with two attached hydrogens (primary N) is 1. The van der Waals surface area contributed by atoms with E-state index in [9.17, 15) is 0 Å². The minimum Gasteiger partial charge on any atom is -0.412 e. The first-order valence-corrected chi connectivity index (χ1v) is 6.73. The van der Waals surface area contributed by atoms with Crippen molar-refractivity contribution in [2.45, 2.75) is 25.7 Å². The summed E-state index contributed by atoms with van der Waals surface area (Å²) in [5, 5.41) is 3.17. The minimum atomic E-state index is -1.88. The van der Waals surface area contributed by atoms with Gasteiger partial charge in [-0.15, -0.1) is 0 Å². The largest absolute Gasteiger partial charge is 0.412 e. The zero-order valence-electron chi connectivity index (χ0n) is 8.46. The van der Waals surface area contributed by atoms with Crippen LogP contribution in [0.5, 0.6) is 0 Å². The van der Waals surface area contributed by atoms with Crippen LogP contribution in [0.3, 0.4) is 0 Å². The van der Waals surface area contributed by atoms with E-state index in [0.717, 1.165) is 25.9 Å². The van der Waals surface area contributed by atoms with Gasteiger partial charge >= 0.3 is 9.28 Å². The van der Waals surface area contributed by atoms with E-state index in [2.05, 4.69) is 5.32 Å². The Kier molecular flexibility index (Phi) is 10.2. The summed E-state index contributed by atoms with van der Waals surface area (Å²) in [7, 11) is -0.322. The monoisotopic (exact) mass is 206 g/mol. The van der Waals surface area contributed by atoms with Crippen LogP contribution in [-0.4, -0.2) is 40.4 Å². The Morgan fingerprint density at radius 3 is 2.62 bits per heavy atom. The highest BCUT2D eigenvalue weighted by Gasteiger charge is 2.02. The van der Waals surface area contributed by atoms with E-state index >= 15 is 0 Å². The van der Waals surface area contributed by atoms with Crippen molar-refractivity contribution in [3.05, 3.63) is 0 Å². The molecule has 0 aromatic carbocycles. The van der Waals surface area contributed by atoms with Gasteiger partial charge < -0.3 is 20.3 Å². The quantitative estimate of drug-likeness (QED) is 0.351. The molecule has 0 spiro atoms. The van der Waals surface area contributed by atoms with Crippen molar-refractivity contribution in [3.63, 3.8) is 0 Å². The van der Waals surface area contributed by atoms with Crippen LogP contribution in [0, 0.1) is 0 Å². The van der Waals surface area contributed by atoms with Gasteiger partial charge in [-0.25, -0.2) is 0 Å². The highest BCUT2D eigenvalue weighted by Crippen LogP contribution is 1.96. The van der Waals surface area contributed by atoms with E-state index in [1.54, 1.807) is 7.11 Å². The molecule has 0 aliphatic carbocycles. The fourth-order valence-electron chi connectivity index (χ4n) is 1.06. The Bertz CT molecular complexity index is 106. The van der Waals surface area contributed by atoms with Crippen molar-refractivity contribution in [1.29, 1.82) is 0 Å². The molecule has 0 aliphatic rings. The van der Waals surface area contributed by atoms with Gasteiger partial charge in [-0.2, -0.15) is 0 Å². The molecule has 1 unspecified atom stereocenters. The Balaban J connectivity index is 2.91. The van der Waals surface area contributed by atoms with Gasteiger partial charge in [-0.1, -0.05) is 12.8 Å². The van der Waals surface area contributed by atoms with Gasteiger partial charge in [0.25, 0.3) is 0 Å². The first kappa shape index (κ1) is 13.1. The second-order valence-electron chi connectivity index (χ2n) is 3.10. The van der Waals surface area contributed by atoms with Crippen LogP contribution >= 0.6 is 0 Å². The van der Waals surface area contributed by atoms with Crippen LogP contribution in [0.25, 0.3) is 0 Å². The summed E-state index contributed by atoms with van der Waals surface area (Å²) < 4.78 is 4.81. The number of rotatable bonds is 9. The Morgan fingerprint density at radius 1 is 1.31 bits per heavy atom. The zero-order chi connectivity index (χ0) is 9.94. The molecule has 0 saturated carbocycles. The maximum atomic E-state index is 9.14. The Hall–Kier alpha value is 0.0569. The van der Waals surface area contributed by atoms with E-state index < -0.39 is 9.28 Å². The lowest BCUT2D eigenvalue weighted by atomic mass is 10.2. The van der Waals surface area contributed by atoms with Crippen molar-refractivity contribution in [2.75, 3.05) is 26.4 Å². The average molecular weight is 206 g/mol. The summed E-state index contributed by atoms with van der Waals surface area (Å²) in [5.41, 5.74) is 5.37. The van der Waals surface area contributed by atoms with Gasteiger partial charge in [0.05, 0.1) is 0 Å². The van der Waals surface area contributed by atoms with Gasteiger partial charge in [0.2, 0.25) is 0 Å². The van der Waals surface area contributed by atoms with Crippen LogP contribution in [0.1, 0.15) is 25.7 Å². The highest BCUT2D eigenvalue weighted by molar-refractivity contribution is 6.42. The summed E-state index contributed by atoms with van der Waals surface area (Å²) in [6, 6.07) is 0. The van der Waals surface area contributed by atoms with Gasteiger partial charge in [-0.3, -0.25) is 0 Å². The third-order valence-electron chi connectivity index (χ3n) is 1.90. The molecule has 0 aromatic rings. The van der Waals surface area contributed by atoms with Crippen molar-refractivity contribution in [2.24, 2.45) is 5.73 Å². The van der Waals surface area contributed by atoms with Crippen molar-refractivity contribution in [3.8, 4) is 0 Å². The van der Waals surface area contributed by atoms with Gasteiger partial charge in [0, 0.05) is 13.3 Å². The number of hydrogen-bond donors (Lipinski definition) is 3. The fraction of sp³-hybridized carbons (Fsp3) is 1.00. The van der Waals surface area contributed by atoms with E-state index in [0.29, 0.717) is 6.17 Å². The molecule has 0 bridgehead atoms.